The molecule has 7 heteroatoms. The van der Waals surface area contributed by atoms with Crippen molar-refractivity contribution in [2.24, 2.45) is 0 Å². The highest BCUT2D eigenvalue weighted by molar-refractivity contribution is 5.53. The SMILES string of the molecule is Nc1nc(NC2CC2)cc(N2CCC(N3CCOCC3)CC2)n1. The summed E-state index contributed by atoms with van der Waals surface area (Å²) in [6.07, 6.45) is 4.80. The number of aromatic nitrogens is 2. The Balaban J connectivity index is 1.38. The Morgan fingerprint density at radius 1 is 1.04 bits per heavy atom. The van der Waals surface area contributed by atoms with E-state index in [0.717, 1.165) is 51.0 Å². The van der Waals surface area contributed by atoms with Crippen LogP contribution in [0.3, 0.4) is 0 Å². The van der Waals surface area contributed by atoms with Crippen LogP contribution in [-0.2, 0) is 4.74 Å². The number of piperidine rings is 1. The van der Waals surface area contributed by atoms with Crippen molar-refractivity contribution in [2.75, 3.05) is 55.3 Å². The van der Waals surface area contributed by atoms with Gasteiger partial charge in [0.15, 0.2) is 0 Å². The number of hydrogen-bond acceptors (Lipinski definition) is 7. The van der Waals surface area contributed by atoms with E-state index in [-0.39, 0.29) is 0 Å². The molecule has 0 atom stereocenters. The van der Waals surface area contributed by atoms with Gasteiger partial charge in [-0.25, -0.2) is 0 Å². The van der Waals surface area contributed by atoms with Crippen LogP contribution in [0, 0.1) is 0 Å². The normalized spacial score (nSPS) is 23.9. The summed E-state index contributed by atoms with van der Waals surface area (Å²) in [6.45, 7) is 5.95. The van der Waals surface area contributed by atoms with Crippen LogP contribution in [-0.4, -0.2) is 66.3 Å². The summed E-state index contributed by atoms with van der Waals surface area (Å²) in [5.74, 6) is 2.19. The molecule has 4 rings (SSSR count). The second-order valence-electron chi connectivity index (χ2n) is 6.75. The molecule has 3 fully saturated rings. The number of morpholine rings is 1. The van der Waals surface area contributed by atoms with Crippen molar-refractivity contribution in [3.05, 3.63) is 6.07 Å². The first-order valence-corrected chi connectivity index (χ1v) is 8.76. The Hall–Kier alpha value is -1.60. The molecule has 3 N–H and O–H groups in total. The fraction of sp³-hybridized carbons (Fsp3) is 0.750. The van der Waals surface area contributed by atoms with Gasteiger partial charge in [-0.3, -0.25) is 4.90 Å². The van der Waals surface area contributed by atoms with Crippen LogP contribution >= 0.6 is 0 Å². The minimum atomic E-state index is 0.362. The quantitative estimate of drug-likeness (QED) is 0.855. The van der Waals surface area contributed by atoms with Gasteiger partial charge in [-0.1, -0.05) is 0 Å². The highest BCUT2D eigenvalue weighted by Gasteiger charge is 2.27. The lowest BCUT2D eigenvalue weighted by Gasteiger charge is -2.40. The third-order valence-corrected chi connectivity index (χ3v) is 5.01. The molecule has 3 aliphatic rings. The Morgan fingerprint density at radius 3 is 2.48 bits per heavy atom. The molecular weight excluding hydrogens is 292 g/mol. The summed E-state index contributed by atoms with van der Waals surface area (Å²) >= 11 is 0. The van der Waals surface area contributed by atoms with Gasteiger partial charge in [0.25, 0.3) is 0 Å². The summed E-state index contributed by atoms with van der Waals surface area (Å²) in [5.41, 5.74) is 5.90. The predicted molar refractivity (Wildman–Crippen MR) is 90.7 cm³/mol. The topological polar surface area (TPSA) is 79.5 Å². The van der Waals surface area contributed by atoms with E-state index in [4.69, 9.17) is 10.5 Å². The zero-order valence-corrected chi connectivity index (χ0v) is 13.6. The Bertz CT molecular complexity index is 535. The van der Waals surface area contributed by atoms with Crippen molar-refractivity contribution in [1.82, 2.24) is 14.9 Å². The summed E-state index contributed by atoms with van der Waals surface area (Å²) < 4.78 is 5.45. The lowest BCUT2D eigenvalue weighted by atomic mass is 10.0. The molecule has 2 saturated heterocycles. The molecule has 0 radical (unpaired) electrons. The molecule has 0 amide bonds. The first-order chi connectivity index (χ1) is 11.3. The molecule has 1 aliphatic carbocycles. The standard InChI is InChI=1S/C16H26N6O/c17-16-19-14(18-12-1-2-12)11-15(20-16)22-5-3-13(4-6-22)21-7-9-23-10-8-21/h11-13H,1-10H2,(H3,17,18,19,20). The van der Waals surface area contributed by atoms with Crippen molar-refractivity contribution in [2.45, 2.75) is 37.8 Å². The third-order valence-electron chi connectivity index (χ3n) is 5.01. The summed E-state index contributed by atoms with van der Waals surface area (Å²) in [7, 11) is 0. The summed E-state index contributed by atoms with van der Waals surface area (Å²) in [6, 6.07) is 3.30. The average molecular weight is 318 g/mol. The number of nitrogens with two attached hydrogens (primary N) is 1. The molecule has 1 aromatic rings. The number of nitrogen functional groups attached to an aromatic ring is 1. The van der Waals surface area contributed by atoms with Crippen LogP contribution in [0.5, 0.6) is 0 Å². The van der Waals surface area contributed by atoms with Gasteiger partial charge in [-0.15, -0.1) is 0 Å². The molecule has 1 saturated carbocycles. The van der Waals surface area contributed by atoms with E-state index >= 15 is 0 Å². The monoisotopic (exact) mass is 318 g/mol. The van der Waals surface area contributed by atoms with E-state index in [0.29, 0.717) is 18.0 Å². The first kappa shape index (κ1) is 15.0. The third kappa shape index (κ3) is 3.67. The molecule has 1 aromatic heterocycles. The average Bonchev–Trinajstić information content (AvgIpc) is 3.39. The van der Waals surface area contributed by atoms with Crippen LogP contribution in [0.15, 0.2) is 6.07 Å². The zero-order chi connectivity index (χ0) is 15.6. The van der Waals surface area contributed by atoms with E-state index in [9.17, 15) is 0 Å². The molecule has 0 aromatic carbocycles. The molecular formula is C16H26N6O. The van der Waals surface area contributed by atoms with Gasteiger partial charge in [0.05, 0.1) is 13.2 Å². The van der Waals surface area contributed by atoms with Crippen LogP contribution in [0.4, 0.5) is 17.6 Å². The number of nitrogens with one attached hydrogen (secondary N) is 1. The molecule has 126 valence electrons. The lowest BCUT2D eigenvalue weighted by Crippen LogP contribution is -2.49. The predicted octanol–water partition coefficient (Wildman–Crippen LogP) is 0.934. The fourth-order valence-corrected chi connectivity index (χ4v) is 3.53. The van der Waals surface area contributed by atoms with Crippen LogP contribution in [0.2, 0.25) is 0 Å². The van der Waals surface area contributed by atoms with E-state index in [1.807, 2.05) is 6.07 Å². The number of ether oxygens (including phenoxy) is 1. The Morgan fingerprint density at radius 2 is 1.78 bits per heavy atom. The summed E-state index contributed by atoms with van der Waals surface area (Å²) in [4.78, 5) is 13.7. The molecule has 0 bridgehead atoms. The maximum absolute atomic E-state index is 5.90. The van der Waals surface area contributed by atoms with E-state index in [1.165, 1.54) is 25.7 Å². The summed E-state index contributed by atoms with van der Waals surface area (Å²) in [5, 5.41) is 3.42. The molecule has 3 heterocycles. The number of anilines is 3. The minimum Gasteiger partial charge on any atom is -0.379 e. The second kappa shape index (κ2) is 6.49. The number of rotatable bonds is 4. The maximum Gasteiger partial charge on any atom is 0.223 e. The molecule has 7 nitrogen and oxygen atoms in total. The smallest absolute Gasteiger partial charge is 0.223 e. The van der Waals surface area contributed by atoms with Gasteiger partial charge in [-0.2, -0.15) is 9.97 Å². The zero-order valence-electron chi connectivity index (χ0n) is 13.6. The van der Waals surface area contributed by atoms with Crippen LogP contribution in [0.1, 0.15) is 25.7 Å². The molecule has 23 heavy (non-hydrogen) atoms. The van der Waals surface area contributed by atoms with Gasteiger partial charge >= 0.3 is 0 Å². The fourth-order valence-electron chi connectivity index (χ4n) is 3.53. The van der Waals surface area contributed by atoms with Crippen molar-refractivity contribution in [1.29, 1.82) is 0 Å². The lowest BCUT2D eigenvalue weighted by molar-refractivity contribution is 0.0115. The van der Waals surface area contributed by atoms with Gasteiger partial charge in [0, 0.05) is 44.3 Å². The van der Waals surface area contributed by atoms with E-state index in [1.54, 1.807) is 0 Å². The minimum absolute atomic E-state index is 0.362. The largest absolute Gasteiger partial charge is 0.379 e. The highest BCUT2D eigenvalue weighted by atomic mass is 16.5. The first-order valence-electron chi connectivity index (χ1n) is 8.76. The maximum atomic E-state index is 5.90. The second-order valence-corrected chi connectivity index (χ2v) is 6.75. The van der Waals surface area contributed by atoms with Gasteiger partial charge < -0.3 is 20.7 Å². The Kier molecular flexibility index (Phi) is 4.22. The van der Waals surface area contributed by atoms with Gasteiger partial charge in [0.2, 0.25) is 5.95 Å². The molecule has 2 aliphatic heterocycles. The van der Waals surface area contributed by atoms with Crippen molar-refractivity contribution >= 4 is 17.6 Å². The van der Waals surface area contributed by atoms with Crippen LogP contribution < -0.4 is 16.0 Å². The van der Waals surface area contributed by atoms with Crippen molar-refractivity contribution < 1.29 is 4.74 Å². The highest BCUT2D eigenvalue weighted by Crippen LogP contribution is 2.27. The van der Waals surface area contributed by atoms with Crippen LogP contribution in [0.25, 0.3) is 0 Å². The van der Waals surface area contributed by atoms with Gasteiger partial charge in [0.1, 0.15) is 11.6 Å². The van der Waals surface area contributed by atoms with Crippen molar-refractivity contribution in [3.8, 4) is 0 Å². The number of hydrogen-bond donors (Lipinski definition) is 2. The van der Waals surface area contributed by atoms with Crippen molar-refractivity contribution in [3.63, 3.8) is 0 Å². The number of nitrogens with zero attached hydrogens (tertiary/aromatic N) is 4. The Labute approximate surface area is 137 Å². The molecule has 0 spiro atoms. The van der Waals surface area contributed by atoms with E-state index < -0.39 is 0 Å². The van der Waals surface area contributed by atoms with E-state index in [2.05, 4.69) is 25.1 Å². The van der Waals surface area contributed by atoms with Gasteiger partial charge in [-0.05, 0) is 25.7 Å². The molecule has 0 unspecified atom stereocenters.